The Morgan fingerprint density at radius 1 is 1.00 bits per heavy atom. The lowest BCUT2D eigenvalue weighted by Gasteiger charge is -2.10. The highest BCUT2D eigenvalue weighted by Gasteiger charge is 2.03. The number of hydrogen-bond acceptors (Lipinski definition) is 4. The van der Waals surface area contributed by atoms with E-state index in [4.69, 9.17) is 9.47 Å². The second-order valence-electron chi connectivity index (χ2n) is 4.15. The Hall–Kier alpha value is -1.26. The molecule has 1 aromatic carbocycles. The fourth-order valence-electron chi connectivity index (χ4n) is 1.78. The average Bonchev–Trinajstić information content (AvgIpc) is 2.42. The maximum atomic E-state index is 5.28. The summed E-state index contributed by atoms with van der Waals surface area (Å²) >= 11 is 0. The van der Waals surface area contributed by atoms with Crippen molar-refractivity contribution in [1.29, 1.82) is 0 Å². The quantitative estimate of drug-likeness (QED) is 0.653. The summed E-state index contributed by atoms with van der Waals surface area (Å²) in [5.41, 5.74) is 1.26. The molecule has 0 radical (unpaired) electrons. The molecule has 0 saturated heterocycles. The van der Waals surface area contributed by atoms with Gasteiger partial charge in [0.1, 0.15) is 0 Å². The Morgan fingerprint density at radius 2 is 1.78 bits per heavy atom. The number of benzene rings is 1. The first-order chi connectivity index (χ1) is 8.81. The molecule has 0 aliphatic rings. The van der Waals surface area contributed by atoms with Crippen molar-refractivity contribution >= 4 is 0 Å². The van der Waals surface area contributed by atoms with E-state index in [1.807, 2.05) is 19.2 Å². The zero-order chi connectivity index (χ0) is 13.2. The second kappa shape index (κ2) is 8.78. The van der Waals surface area contributed by atoms with Crippen LogP contribution in [-0.4, -0.2) is 40.9 Å². The standard InChI is InChI=1S/C14H24N2O2/c1-15-8-4-9-16-10-7-12-5-6-13(17-2)14(11-12)18-3/h5-6,11,15-16H,4,7-10H2,1-3H3. The molecule has 0 aliphatic heterocycles. The van der Waals surface area contributed by atoms with Crippen molar-refractivity contribution in [3.63, 3.8) is 0 Å². The van der Waals surface area contributed by atoms with Crippen LogP contribution in [0.3, 0.4) is 0 Å². The highest BCUT2D eigenvalue weighted by molar-refractivity contribution is 5.42. The van der Waals surface area contributed by atoms with Gasteiger partial charge < -0.3 is 20.1 Å². The van der Waals surface area contributed by atoms with Gasteiger partial charge in [-0.2, -0.15) is 0 Å². The minimum absolute atomic E-state index is 0.781. The second-order valence-corrected chi connectivity index (χ2v) is 4.15. The Labute approximate surface area is 110 Å². The van der Waals surface area contributed by atoms with Crippen LogP contribution in [0.15, 0.2) is 18.2 Å². The Morgan fingerprint density at radius 3 is 2.44 bits per heavy atom. The van der Waals surface area contributed by atoms with Crippen molar-refractivity contribution < 1.29 is 9.47 Å². The molecule has 2 N–H and O–H groups in total. The van der Waals surface area contributed by atoms with Crippen LogP contribution >= 0.6 is 0 Å². The van der Waals surface area contributed by atoms with Crippen molar-refractivity contribution in [2.75, 3.05) is 40.9 Å². The maximum Gasteiger partial charge on any atom is 0.160 e. The number of rotatable bonds is 9. The van der Waals surface area contributed by atoms with Gasteiger partial charge in [0.25, 0.3) is 0 Å². The van der Waals surface area contributed by atoms with Crippen molar-refractivity contribution in [1.82, 2.24) is 10.6 Å². The molecule has 0 aliphatic carbocycles. The van der Waals surface area contributed by atoms with E-state index in [1.54, 1.807) is 14.2 Å². The van der Waals surface area contributed by atoms with Crippen molar-refractivity contribution in [2.45, 2.75) is 12.8 Å². The summed E-state index contributed by atoms with van der Waals surface area (Å²) in [7, 11) is 5.29. The monoisotopic (exact) mass is 252 g/mol. The molecular weight excluding hydrogens is 228 g/mol. The third-order valence-electron chi connectivity index (χ3n) is 2.82. The molecule has 0 fully saturated rings. The van der Waals surface area contributed by atoms with E-state index in [-0.39, 0.29) is 0 Å². The molecule has 18 heavy (non-hydrogen) atoms. The maximum absolute atomic E-state index is 5.28. The van der Waals surface area contributed by atoms with E-state index in [1.165, 1.54) is 5.56 Å². The number of hydrogen-bond donors (Lipinski definition) is 2. The van der Waals surface area contributed by atoms with Gasteiger partial charge in [0.05, 0.1) is 14.2 Å². The van der Waals surface area contributed by atoms with Crippen molar-refractivity contribution in [2.24, 2.45) is 0 Å². The molecule has 1 aromatic rings. The van der Waals surface area contributed by atoms with E-state index in [2.05, 4.69) is 16.7 Å². The first kappa shape index (κ1) is 14.8. The Balaban J connectivity index is 2.34. The van der Waals surface area contributed by atoms with Crippen LogP contribution in [0.25, 0.3) is 0 Å². The molecule has 0 spiro atoms. The summed E-state index contributed by atoms with van der Waals surface area (Å²) in [6, 6.07) is 6.07. The van der Waals surface area contributed by atoms with E-state index in [0.717, 1.165) is 44.0 Å². The number of methoxy groups -OCH3 is 2. The largest absolute Gasteiger partial charge is 0.493 e. The molecule has 0 bridgehead atoms. The fourth-order valence-corrected chi connectivity index (χ4v) is 1.78. The normalized spacial score (nSPS) is 10.4. The summed E-state index contributed by atoms with van der Waals surface area (Å²) in [4.78, 5) is 0. The molecule has 0 heterocycles. The van der Waals surface area contributed by atoms with Crippen LogP contribution in [0, 0.1) is 0 Å². The van der Waals surface area contributed by atoms with E-state index < -0.39 is 0 Å². The smallest absolute Gasteiger partial charge is 0.160 e. The number of ether oxygens (including phenoxy) is 2. The molecule has 0 unspecified atom stereocenters. The highest BCUT2D eigenvalue weighted by Crippen LogP contribution is 2.27. The molecule has 1 rings (SSSR count). The minimum atomic E-state index is 0.781. The topological polar surface area (TPSA) is 42.5 Å². The SMILES string of the molecule is CNCCCNCCc1ccc(OC)c(OC)c1. The molecule has 0 saturated carbocycles. The summed E-state index contributed by atoms with van der Waals surface area (Å²) in [6.45, 7) is 3.09. The third-order valence-corrected chi connectivity index (χ3v) is 2.82. The summed E-state index contributed by atoms with van der Waals surface area (Å²) in [6.07, 6.45) is 2.16. The lowest BCUT2D eigenvalue weighted by Crippen LogP contribution is -2.21. The third kappa shape index (κ3) is 4.94. The molecule has 0 amide bonds. The van der Waals surface area contributed by atoms with Crippen LogP contribution in [0.4, 0.5) is 0 Å². The van der Waals surface area contributed by atoms with Crippen LogP contribution in [0.2, 0.25) is 0 Å². The minimum Gasteiger partial charge on any atom is -0.493 e. The zero-order valence-electron chi connectivity index (χ0n) is 11.6. The van der Waals surface area contributed by atoms with Gasteiger partial charge >= 0.3 is 0 Å². The van der Waals surface area contributed by atoms with Crippen LogP contribution in [0.5, 0.6) is 11.5 Å². The van der Waals surface area contributed by atoms with E-state index in [0.29, 0.717) is 0 Å². The van der Waals surface area contributed by atoms with Crippen LogP contribution < -0.4 is 20.1 Å². The van der Waals surface area contributed by atoms with Gasteiger partial charge in [-0.3, -0.25) is 0 Å². The van der Waals surface area contributed by atoms with Gasteiger partial charge in [-0.05, 0) is 57.2 Å². The fraction of sp³-hybridized carbons (Fsp3) is 0.571. The Kier molecular flexibility index (Phi) is 7.22. The number of nitrogens with one attached hydrogen (secondary N) is 2. The van der Waals surface area contributed by atoms with Gasteiger partial charge in [-0.15, -0.1) is 0 Å². The molecule has 0 atom stereocenters. The first-order valence-electron chi connectivity index (χ1n) is 6.38. The van der Waals surface area contributed by atoms with Gasteiger partial charge in [0.15, 0.2) is 11.5 Å². The molecule has 4 nitrogen and oxygen atoms in total. The average molecular weight is 252 g/mol. The molecule has 0 aromatic heterocycles. The summed E-state index contributed by atoms with van der Waals surface area (Å²) in [5, 5.41) is 6.56. The van der Waals surface area contributed by atoms with Crippen LogP contribution in [-0.2, 0) is 6.42 Å². The predicted molar refractivity (Wildman–Crippen MR) is 74.7 cm³/mol. The van der Waals surface area contributed by atoms with Gasteiger partial charge in [0.2, 0.25) is 0 Å². The highest BCUT2D eigenvalue weighted by atomic mass is 16.5. The van der Waals surface area contributed by atoms with E-state index >= 15 is 0 Å². The summed E-state index contributed by atoms with van der Waals surface area (Å²) < 4.78 is 10.5. The van der Waals surface area contributed by atoms with Crippen LogP contribution in [0.1, 0.15) is 12.0 Å². The van der Waals surface area contributed by atoms with Gasteiger partial charge in [-0.25, -0.2) is 0 Å². The van der Waals surface area contributed by atoms with Crippen molar-refractivity contribution in [3.8, 4) is 11.5 Å². The Bertz CT molecular complexity index is 343. The van der Waals surface area contributed by atoms with Gasteiger partial charge in [-0.1, -0.05) is 6.07 Å². The predicted octanol–water partition coefficient (Wildman–Crippen LogP) is 1.45. The zero-order valence-corrected chi connectivity index (χ0v) is 11.6. The van der Waals surface area contributed by atoms with E-state index in [9.17, 15) is 0 Å². The molecular formula is C14H24N2O2. The first-order valence-corrected chi connectivity index (χ1v) is 6.38. The molecule has 4 heteroatoms. The van der Waals surface area contributed by atoms with Gasteiger partial charge in [0, 0.05) is 0 Å². The lowest BCUT2D eigenvalue weighted by molar-refractivity contribution is 0.354. The van der Waals surface area contributed by atoms with Crippen molar-refractivity contribution in [3.05, 3.63) is 23.8 Å². The lowest BCUT2D eigenvalue weighted by atomic mass is 10.1. The summed E-state index contributed by atoms with van der Waals surface area (Å²) in [5.74, 6) is 1.58. The molecule has 102 valence electrons.